The molecule has 0 bridgehead atoms. The molecule has 1 rings (SSSR count). The number of nitrogens with two attached hydrogens (primary N) is 1. The molecule has 1 amide bonds. The van der Waals surface area contributed by atoms with E-state index in [-0.39, 0.29) is 6.04 Å². The lowest BCUT2D eigenvalue weighted by atomic mass is 10.1. The standard InChI is InChI=1S/C11H14Cl2N2O/c1-6(15-7(2)11(14)16)9-4-3-8(12)5-10(9)13/h3-7,15H,1-2H3,(H2,14,16)/t6-,7+/m1/s1. The summed E-state index contributed by atoms with van der Waals surface area (Å²) in [6, 6.07) is 4.80. The smallest absolute Gasteiger partial charge is 0.234 e. The van der Waals surface area contributed by atoms with E-state index in [2.05, 4.69) is 5.32 Å². The zero-order valence-corrected chi connectivity index (χ0v) is 10.6. The van der Waals surface area contributed by atoms with E-state index in [0.717, 1.165) is 5.56 Å². The van der Waals surface area contributed by atoms with Gasteiger partial charge in [0, 0.05) is 16.1 Å². The van der Waals surface area contributed by atoms with Crippen LogP contribution >= 0.6 is 23.2 Å². The monoisotopic (exact) mass is 260 g/mol. The Morgan fingerprint density at radius 3 is 2.50 bits per heavy atom. The number of carbonyl (C=O) groups is 1. The number of benzene rings is 1. The summed E-state index contributed by atoms with van der Waals surface area (Å²) in [6.07, 6.45) is 0. The van der Waals surface area contributed by atoms with Crippen molar-refractivity contribution in [3.63, 3.8) is 0 Å². The van der Waals surface area contributed by atoms with Crippen LogP contribution in [0.3, 0.4) is 0 Å². The van der Waals surface area contributed by atoms with E-state index < -0.39 is 11.9 Å². The maximum absolute atomic E-state index is 10.9. The number of nitrogens with one attached hydrogen (secondary N) is 1. The zero-order valence-electron chi connectivity index (χ0n) is 9.13. The van der Waals surface area contributed by atoms with Crippen LogP contribution in [0.25, 0.3) is 0 Å². The molecule has 0 radical (unpaired) electrons. The third kappa shape index (κ3) is 3.37. The fraction of sp³-hybridized carbons (Fsp3) is 0.364. The summed E-state index contributed by atoms with van der Waals surface area (Å²) in [6.45, 7) is 3.62. The summed E-state index contributed by atoms with van der Waals surface area (Å²) in [5.41, 5.74) is 6.06. The van der Waals surface area contributed by atoms with Crippen LogP contribution in [0, 0.1) is 0 Å². The Kier molecular flexibility index (Phi) is 4.59. The molecular formula is C11H14Cl2N2O. The summed E-state index contributed by atoms with van der Waals surface area (Å²) in [5.74, 6) is -0.392. The van der Waals surface area contributed by atoms with Crippen molar-refractivity contribution < 1.29 is 4.79 Å². The number of carbonyl (C=O) groups excluding carboxylic acids is 1. The van der Waals surface area contributed by atoms with Crippen molar-refractivity contribution in [3.8, 4) is 0 Å². The largest absolute Gasteiger partial charge is 0.368 e. The van der Waals surface area contributed by atoms with Gasteiger partial charge in [0.25, 0.3) is 0 Å². The van der Waals surface area contributed by atoms with Crippen molar-refractivity contribution in [2.24, 2.45) is 5.73 Å². The Morgan fingerprint density at radius 2 is 2.00 bits per heavy atom. The van der Waals surface area contributed by atoms with Gasteiger partial charge in [-0.05, 0) is 31.5 Å². The van der Waals surface area contributed by atoms with Gasteiger partial charge < -0.3 is 5.73 Å². The summed E-state index contributed by atoms with van der Waals surface area (Å²) >= 11 is 11.8. The van der Waals surface area contributed by atoms with Gasteiger partial charge in [0.05, 0.1) is 6.04 Å². The molecule has 0 fully saturated rings. The first kappa shape index (κ1) is 13.3. The molecule has 1 aromatic rings. The first-order valence-electron chi connectivity index (χ1n) is 4.92. The lowest BCUT2D eigenvalue weighted by Crippen LogP contribution is -2.40. The molecule has 0 aliphatic heterocycles. The highest BCUT2D eigenvalue weighted by molar-refractivity contribution is 6.35. The van der Waals surface area contributed by atoms with E-state index in [4.69, 9.17) is 28.9 Å². The number of amides is 1. The maximum atomic E-state index is 10.9. The Bertz CT molecular complexity index is 396. The van der Waals surface area contributed by atoms with Crippen LogP contribution in [0.15, 0.2) is 18.2 Å². The fourth-order valence-electron chi connectivity index (χ4n) is 1.40. The van der Waals surface area contributed by atoms with Gasteiger partial charge in [-0.3, -0.25) is 10.1 Å². The quantitative estimate of drug-likeness (QED) is 0.874. The zero-order chi connectivity index (χ0) is 12.3. The van der Waals surface area contributed by atoms with E-state index in [1.54, 1.807) is 19.1 Å². The lowest BCUT2D eigenvalue weighted by Gasteiger charge is -2.19. The highest BCUT2D eigenvalue weighted by atomic mass is 35.5. The summed E-state index contributed by atoms with van der Waals surface area (Å²) in [5, 5.41) is 4.21. The molecule has 88 valence electrons. The van der Waals surface area contributed by atoms with Gasteiger partial charge in [0.2, 0.25) is 5.91 Å². The molecule has 0 heterocycles. The van der Waals surface area contributed by atoms with Crippen LogP contribution in [0.4, 0.5) is 0 Å². The first-order chi connectivity index (χ1) is 7.41. The predicted molar refractivity (Wildman–Crippen MR) is 66.7 cm³/mol. The molecule has 5 heteroatoms. The van der Waals surface area contributed by atoms with Crippen LogP contribution < -0.4 is 11.1 Å². The van der Waals surface area contributed by atoms with E-state index in [1.807, 2.05) is 13.0 Å². The molecule has 3 N–H and O–H groups in total. The van der Waals surface area contributed by atoms with E-state index in [0.29, 0.717) is 10.0 Å². The number of primary amides is 1. The summed E-state index contributed by atoms with van der Waals surface area (Å²) in [7, 11) is 0. The topological polar surface area (TPSA) is 55.1 Å². The lowest BCUT2D eigenvalue weighted by molar-refractivity contribution is -0.119. The van der Waals surface area contributed by atoms with Crippen molar-refractivity contribution >= 4 is 29.1 Å². The van der Waals surface area contributed by atoms with Crippen molar-refractivity contribution in [3.05, 3.63) is 33.8 Å². The Hall–Kier alpha value is -0.770. The van der Waals surface area contributed by atoms with Gasteiger partial charge >= 0.3 is 0 Å². The number of hydrogen-bond acceptors (Lipinski definition) is 2. The fourth-order valence-corrected chi connectivity index (χ4v) is 1.97. The maximum Gasteiger partial charge on any atom is 0.234 e. The molecule has 0 aromatic heterocycles. The van der Waals surface area contributed by atoms with Crippen molar-refractivity contribution in [1.82, 2.24) is 5.32 Å². The third-order valence-corrected chi connectivity index (χ3v) is 2.92. The summed E-state index contributed by atoms with van der Waals surface area (Å²) < 4.78 is 0. The Morgan fingerprint density at radius 1 is 1.38 bits per heavy atom. The molecule has 0 saturated carbocycles. The van der Waals surface area contributed by atoms with E-state index >= 15 is 0 Å². The van der Waals surface area contributed by atoms with Crippen molar-refractivity contribution in [1.29, 1.82) is 0 Å². The molecule has 0 aliphatic carbocycles. The molecular weight excluding hydrogens is 247 g/mol. The SMILES string of the molecule is C[C@H](N[C@H](C)c1ccc(Cl)cc1Cl)C(N)=O. The van der Waals surface area contributed by atoms with Gasteiger partial charge in [0.1, 0.15) is 0 Å². The second-order valence-electron chi connectivity index (χ2n) is 3.68. The average molecular weight is 261 g/mol. The van der Waals surface area contributed by atoms with Gasteiger partial charge in [-0.15, -0.1) is 0 Å². The normalized spacial score (nSPS) is 14.5. The van der Waals surface area contributed by atoms with E-state index in [1.165, 1.54) is 0 Å². The van der Waals surface area contributed by atoms with Crippen LogP contribution in [0.1, 0.15) is 25.5 Å². The van der Waals surface area contributed by atoms with Crippen molar-refractivity contribution in [2.45, 2.75) is 25.9 Å². The molecule has 0 unspecified atom stereocenters. The van der Waals surface area contributed by atoms with Crippen LogP contribution in [0.2, 0.25) is 10.0 Å². The summed E-state index contributed by atoms with van der Waals surface area (Å²) in [4.78, 5) is 10.9. The third-order valence-electron chi connectivity index (χ3n) is 2.36. The molecule has 2 atom stereocenters. The molecule has 16 heavy (non-hydrogen) atoms. The second kappa shape index (κ2) is 5.53. The van der Waals surface area contributed by atoms with Crippen LogP contribution in [0.5, 0.6) is 0 Å². The van der Waals surface area contributed by atoms with Gasteiger partial charge in [-0.1, -0.05) is 29.3 Å². The molecule has 0 spiro atoms. The van der Waals surface area contributed by atoms with Gasteiger partial charge in [0.15, 0.2) is 0 Å². The Balaban J connectivity index is 2.80. The van der Waals surface area contributed by atoms with Gasteiger partial charge in [-0.25, -0.2) is 0 Å². The number of rotatable bonds is 4. The molecule has 0 saturated heterocycles. The van der Waals surface area contributed by atoms with E-state index in [9.17, 15) is 4.79 Å². The minimum absolute atomic E-state index is 0.0627. The highest BCUT2D eigenvalue weighted by Gasteiger charge is 2.15. The molecule has 1 aromatic carbocycles. The number of halogens is 2. The minimum atomic E-state index is -0.401. The highest BCUT2D eigenvalue weighted by Crippen LogP contribution is 2.26. The average Bonchev–Trinajstić information content (AvgIpc) is 2.16. The van der Waals surface area contributed by atoms with Crippen molar-refractivity contribution in [2.75, 3.05) is 0 Å². The first-order valence-corrected chi connectivity index (χ1v) is 5.67. The number of hydrogen-bond donors (Lipinski definition) is 2. The van der Waals surface area contributed by atoms with Gasteiger partial charge in [-0.2, -0.15) is 0 Å². The van der Waals surface area contributed by atoms with Crippen LogP contribution in [-0.2, 0) is 4.79 Å². The molecule has 3 nitrogen and oxygen atoms in total. The predicted octanol–water partition coefficient (Wildman–Crippen LogP) is 2.52. The minimum Gasteiger partial charge on any atom is -0.368 e. The Labute approximate surface area is 105 Å². The molecule has 0 aliphatic rings. The van der Waals surface area contributed by atoms with Crippen LogP contribution in [-0.4, -0.2) is 11.9 Å². The second-order valence-corrected chi connectivity index (χ2v) is 4.52.